The van der Waals surface area contributed by atoms with Crippen molar-refractivity contribution in [2.24, 2.45) is 7.05 Å². The van der Waals surface area contributed by atoms with Crippen LogP contribution < -0.4 is 0 Å². The lowest BCUT2D eigenvalue weighted by Gasteiger charge is -2.16. The smallest absolute Gasteiger partial charge is 0.274 e. The van der Waals surface area contributed by atoms with Crippen LogP contribution in [0, 0.1) is 0 Å². The molecule has 114 valence electrons. The van der Waals surface area contributed by atoms with Crippen LogP contribution in [0.25, 0.3) is 5.65 Å². The molecule has 22 heavy (non-hydrogen) atoms. The summed E-state index contributed by atoms with van der Waals surface area (Å²) in [5.74, 6) is -0.172. The molecule has 0 fully saturated rings. The van der Waals surface area contributed by atoms with Crippen molar-refractivity contribution in [1.29, 1.82) is 0 Å². The van der Waals surface area contributed by atoms with Crippen LogP contribution in [0.15, 0.2) is 33.6 Å². The quantitative estimate of drug-likeness (QED) is 0.642. The Kier molecular flexibility index (Phi) is 4.00. The van der Waals surface area contributed by atoms with Gasteiger partial charge in [-0.2, -0.15) is 10.2 Å². The van der Waals surface area contributed by atoms with Crippen LogP contribution in [0.2, 0.25) is 0 Å². The monoisotopic (exact) mass is 426 g/mol. The second-order valence-electron chi connectivity index (χ2n) is 4.83. The first-order valence-electron chi connectivity index (χ1n) is 6.38. The Morgan fingerprint density at radius 1 is 1.36 bits per heavy atom. The highest BCUT2D eigenvalue weighted by atomic mass is 79.9. The lowest BCUT2D eigenvalue weighted by molar-refractivity contribution is 0.0775. The summed E-state index contributed by atoms with van der Waals surface area (Å²) in [4.78, 5) is 18.3. The average Bonchev–Trinajstić information content (AvgIpc) is 3.04. The summed E-state index contributed by atoms with van der Waals surface area (Å²) in [6.07, 6.45) is 5.14. The Balaban J connectivity index is 1.85. The molecule has 9 heteroatoms. The van der Waals surface area contributed by atoms with Crippen molar-refractivity contribution in [3.05, 3.63) is 45.0 Å². The van der Waals surface area contributed by atoms with Crippen LogP contribution in [0.3, 0.4) is 0 Å². The molecule has 0 saturated heterocycles. The second kappa shape index (κ2) is 5.81. The van der Waals surface area contributed by atoms with Gasteiger partial charge in [-0.1, -0.05) is 0 Å². The Labute approximate surface area is 143 Å². The molecule has 0 spiro atoms. The van der Waals surface area contributed by atoms with E-state index in [1.165, 1.54) is 0 Å². The van der Waals surface area contributed by atoms with Gasteiger partial charge in [-0.05, 0) is 31.9 Å². The fourth-order valence-electron chi connectivity index (χ4n) is 2.06. The molecule has 0 unspecified atom stereocenters. The summed E-state index contributed by atoms with van der Waals surface area (Å²) >= 11 is 6.76. The Morgan fingerprint density at radius 2 is 2.14 bits per heavy atom. The maximum atomic E-state index is 12.5. The number of fused-ring (bicyclic) bond motifs is 1. The van der Waals surface area contributed by atoms with Crippen LogP contribution in [-0.2, 0) is 13.6 Å². The summed E-state index contributed by atoms with van der Waals surface area (Å²) in [6, 6.07) is 1.67. The molecule has 0 aliphatic rings. The number of aryl methyl sites for hydroxylation is 1. The number of nitrogens with zero attached hydrogens (tertiary/aromatic N) is 6. The molecule has 0 aromatic carbocycles. The molecule has 0 saturated carbocycles. The SMILES string of the molecule is CN(Cc1c(Br)cnn1C)C(=O)c1cc2ncc(Br)cn2n1. The van der Waals surface area contributed by atoms with E-state index in [-0.39, 0.29) is 5.91 Å². The van der Waals surface area contributed by atoms with Gasteiger partial charge in [0.25, 0.3) is 5.91 Å². The number of amides is 1. The van der Waals surface area contributed by atoms with E-state index >= 15 is 0 Å². The molecule has 0 radical (unpaired) electrons. The van der Waals surface area contributed by atoms with Crippen molar-refractivity contribution in [2.45, 2.75) is 6.54 Å². The first-order chi connectivity index (χ1) is 10.5. The van der Waals surface area contributed by atoms with E-state index < -0.39 is 0 Å². The molecule has 3 aromatic rings. The van der Waals surface area contributed by atoms with E-state index in [2.05, 4.69) is 47.0 Å². The summed E-state index contributed by atoms with van der Waals surface area (Å²) < 4.78 is 4.98. The summed E-state index contributed by atoms with van der Waals surface area (Å²) in [5, 5.41) is 8.41. The van der Waals surface area contributed by atoms with Crippen molar-refractivity contribution >= 4 is 43.4 Å². The van der Waals surface area contributed by atoms with Gasteiger partial charge >= 0.3 is 0 Å². The summed E-state index contributed by atoms with van der Waals surface area (Å²) in [7, 11) is 3.57. The molecule has 3 aromatic heterocycles. The van der Waals surface area contributed by atoms with E-state index in [1.54, 1.807) is 45.8 Å². The average molecular weight is 428 g/mol. The highest BCUT2D eigenvalue weighted by Gasteiger charge is 2.18. The molecule has 0 aliphatic heterocycles. The maximum absolute atomic E-state index is 12.5. The lowest BCUT2D eigenvalue weighted by Crippen LogP contribution is -2.27. The zero-order valence-corrected chi connectivity index (χ0v) is 15.0. The van der Waals surface area contributed by atoms with Gasteiger partial charge in [-0.15, -0.1) is 0 Å². The number of hydrogen-bond acceptors (Lipinski definition) is 4. The van der Waals surface area contributed by atoms with Gasteiger partial charge in [-0.3, -0.25) is 9.48 Å². The standard InChI is InChI=1S/C13H12Br2N6O/c1-19(7-11-9(15)5-17-20(11)2)13(22)10-3-12-16-4-8(14)6-21(12)18-10/h3-6H,7H2,1-2H3. The number of carbonyl (C=O) groups is 1. The van der Waals surface area contributed by atoms with Crippen LogP contribution in [0.5, 0.6) is 0 Å². The van der Waals surface area contributed by atoms with Crippen molar-refractivity contribution in [2.75, 3.05) is 7.05 Å². The minimum absolute atomic E-state index is 0.172. The predicted octanol–water partition coefficient (Wildman–Crippen LogP) is 2.26. The van der Waals surface area contributed by atoms with Crippen LogP contribution >= 0.6 is 31.9 Å². The Morgan fingerprint density at radius 3 is 2.82 bits per heavy atom. The maximum Gasteiger partial charge on any atom is 0.274 e. The first kappa shape index (κ1) is 15.2. The van der Waals surface area contributed by atoms with E-state index in [0.717, 1.165) is 14.6 Å². The molecule has 3 heterocycles. The van der Waals surface area contributed by atoms with Gasteiger partial charge in [-0.25, -0.2) is 9.50 Å². The number of hydrogen-bond donors (Lipinski definition) is 0. The highest BCUT2D eigenvalue weighted by molar-refractivity contribution is 9.10. The first-order valence-corrected chi connectivity index (χ1v) is 7.97. The van der Waals surface area contributed by atoms with Gasteiger partial charge in [0.15, 0.2) is 11.3 Å². The van der Waals surface area contributed by atoms with Crippen molar-refractivity contribution in [1.82, 2.24) is 29.3 Å². The molecular weight excluding hydrogens is 416 g/mol. The largest absolute Gasteiger partial charge is 0.334 e. The van der Waals surface area contributed by atoms with E-state index in [0.29, 0.717) is 17.9 Å². The molecule has 1 amide bonds. The minimum Gasteiger partial charge on any atom is -0.334 e. The molecule has 3 rings (SSSR count). The van der Waals surface area contributed by atoms with Crippen molar-refractivity contribution < 1.29 is 4.79 Å². The molecule has 0 N–H and O–H groups in total. The number of carbonyl (C=O) groups excluding carboxylic acids is 1. The van der Waals surface area contributed by atoms with Crippen LogP contribution in [0.4, 0.5) is 0 Å². The second-order valence-corrected chi connectivity index (χ2v) is 6.60. The third kappa shape index (κ3) is 2.78. The normalized spacial score (nSPS) is 11.1. The topological polar surface area (TPSA) is 68.3 Å². The molecule has 0 bridgehead atoms. The Hall–Kier alpha value is -1.74. The van der Waals surface area contributed by atoms with Gasteiger partial charge in [0.1, 0.15) is 0 Å². The molecule has 7 nitrogen and oxygen atoms in total. The van der Waals surface area contributed by atoms with Gasteiger partial charge in [0.05, 0.1) is 27.4 Å². The molecule has 0 aliphatic carbocycles. The Bertz CT molecular complexity index is 836. The minimum atomic E-state index is -0.172. The molecule has 0 atom stereocenters. The van der Waals surface area contributed by atoms with Crippen LogP contribution in [-0.4, -0.2) is 42.2 Å². The van der Waals surface area contributed by atoms with E-state index in [9.17, 15) is 4.79 Å². The van der Waals surface area contributed by atoms with Gasteiger partial charge in [0.2, 0.25) is 0 Å². The fourth-order valence-corrected chi connectivity index (χ4v) is 2.83. The van der Waals surface area contributed by atoms with Crippen LogP contribution in [0.1, 0.15) is 16.2 Å². The van der Waals surface area contributed by atoms with Crippen molar-refractivity contribution in [3.63, 3.8) is 0 Å². The predicted molar refractivity (Wildman–Crippen MR) is 87.4 cm³/mol. The number of halogens is 2. The van der Waals surface area contributed by atoms with Crippen molar-refractivity contribution in [3.8, 4) is 0 Å². The zero-order chi connectivity index (χ0) is 15.9. The highest BCUT2D eigenvalue weighted by Crippen LogP contribution is 2.18. The third-order valence-electron chi connectivity index (χ3n) is 3.25. The van der Waals surface area contributed by atoms with E-state index in [4.69, 9.17) is 0 Å². The summed E-state index contributed by atoms with van der Waals surface area (Å²) in [6.45, 7) is 0.431. The molecular formula is C13H12Br2N6O. The zero-order valence-electron chi connectivity index (χ0n) is 11.9. The third-order valence-corrected chi connectivity index (χ3v) is 4.32. The number of rotatable bonds is 3. The van der Waals surface area contributed by atoms with E-state index in [1.807, 2.05) is 7.05 Å². The van der Waals surface area contributed by atoms with Gasteiger partial charge < -0.3 is 4.90 Å². The number of aromatic nitrogens is 5. The summed E-state index contributed by atoms with van der Waals surface area (Å²) in [5.41, 5.74) is 1.90. The lowest BCUT2D eigenvalue weighted by atomic mass is 10.3. The van der Waals surface area contributed by atoms with Gasteiger partial charge in [0, 0.05) is 32.6 Å². The fraction of sp³-hybridized carbons (Fsp3) is 0.231.